The first-order chi connectivity index (χ1) is 11.7. The van der Waals surface area contributed by atoms with Crippen LogP contribution in [0.15, 0.2) is 30.6 Å². The molecule has 7 heteroatoms. The minimum Gasteiger partial charge on any atom is -0.281 e. The molecule has 2 aromatic heterocycles. The van der Waals surface area contributed by atoms with Gasteiger partial charge in [0.05, 0.1) is 10.9 Å². The predicted octanol–water partition coefficient (Wildman–Crippen LogP) is 3.47. The number of nitrogens with one attached hydrogen (secondary N) is 2. The van der Waals surface area contributed by atoms with E-state index in [1.54, 1.807) is 23.5 Å². The smallest absolute Gasteiger partial charge is 0.272 e. The maximum absolute atomic E-state index is 13.7. The first-order valence-electron chi connectivity index (χ1n) is 7.80. The Balaban J connectivity index is 1.62. The molecule has 3 aromatic rings. The van der Waals surface area contributed by atoms with E-state index in [1.165, 1.54) is 35.3 Å². The van der Waals surface area contributed by atoms with Gasteiger partial charge in [-0.05, 0) is 43.4 Å². The first kappa shape index (κ1) is 15.0. The van der Waals surface area contributed by atoms with Crippen LogP contribution in [-0.4, -0.2) is 15.9 Å². The molecule has 0 unspecified atom stereocenters. The molecule has 1 aliphatic carbocycles. The predicted molar refractivity (Wildman–Crippen MR) is 91.5 cm³/mol. The van der Waals surface area contributed by atoms with Gasteiger partial charge in [0.1, 0.15) is 17.0 Å². The quantitative estimate of drug-likeness (QED) is 0.715. The number of hydrogen-bond acceptors (Lipinski definition) is 5. The Kier molecular flexibility index (Phi) is 3.86. The highest BCUT2D eigenvalue weighted by Crippen LogP contribution is 2.37. The van der Waals surface area contributed by atoms with Crippen molar-refractivity contribution in [3.8, 4) is 0 Å². The molecule has 24 heavy (non-hydrogen) atoms. The van der Waals surface area contributed by atoms with Gasteiger partial charge in [0, 0.05) is 4.88 Å². The summed E-state index contributed by atoms with van der Waals surface area (Å²) in [4.78, 5) is 23.0. The molecule has 1 aliphatic rings. The van der Waals surface area contributed by atoms with E-state index in [0.717, 1.165) is 29.5 Å². The van der Waals surface area contributed by atoms with Crippen LogP contribution in [0.5, 0.6) is 0 Å². The van der Waals surface area contributed by atoms with E-state index in [4.69, 9.17) is 0 Å². The van der Waals surface area contributed by atoms with Gasteiger partial charge in [-0.1, -0.05) is 12.1 Å². The molecule has 2 heterocycles. The number of amides is 1. The number of rotatable bonds is 3. The number of aromatic nitrogens is 2. The van der Waals surface area contributed by atoms with Gasteiger partial charge >= 0.3 is 0 Å². The highest BCUT2D eigenvalue weighted by molar-refractivity contribution is 7.19. The highest BCUT2D eigenvalue weighted by atomic mass is 32.1. The van der Waals surface area contributed by atoms with E-state index in [9.17, 15) is 9.18 Å². The largest absolute Gasteiger partial charge is 0.281 e. The summed E-state index contributed by atoms with van der Waals surface area (Å²) in [7, 11) is 0. The van der Waals surface area contributed by atoms with Crippen molar-refractivity contribution >= 4 is 33.3 Å². The number of thiophene rings is 1. The molecule has 122 valence electrons. The lowest BCUT2D eigenvalue weighted by atomic mass is 9.97. The van der Waals surface area contributed by atoms with Gasteiger partial charge in [-0.25, -0.2) is 14.4 Å². The Morgan fingerprint density at radius 3 is 2.88 bits per heavy atom. The van der Waals surface area contributed by atoms with Gasteiger partial charge in [0.15, 0.2) is 5.82 Å². The molecule has 1 aromatic carbocycles. The molecule has 0 atom stereocenters. The number of anilines is 1. The van der Waals surface area contributed by atoms with Crippen molar-refractivity contribution < 1.29 is 9.18 Å². The lowest BCUT2D eigenvalue weighted by Gasteiger charge is -2.13. The van der Waals surface area contributed by atoms with Gasteiger partial charge in [-0.2, -0.15) is 0 Å². The van der Waals surface area contributed by atoms with Crippen LogP contribution in [0.1, 0.15) is 33.6 Å². The number of nitrogens with zero attached hydrogens (tertiary/aromatic N) is 2. The van der Waals surface area contributed by atoms with E-state index in [0.29, 0.717) is 5.82 Å². The first-order valence-corrected chi connectivity index (χ1v) is 8.62. The lowest BCUT2D eigenvalue weighted by molar-refractivity contribution is 0.0958. The molecular weight excluding hydrogens is 327 g/mol. The number of aryl methyl sites for hydroxylation is 2. The molecule has 0 bridgehead atoms. The van der Waals surface area contributed by atoms with Crippen LogP contribution >= 0.6 is 11.3 Å². The Morgan fingerprint density at radius 1 is 1.17 bits per heavy atom. The summed E-state index contributed by atoms with van der Waals surface area (Å²) in [6.07, 6.45) is 5.88. The SMILES string of the molecule is O=C(NNc1ncnc2sc3c(c12)CCCC3)c1ccccc1F. The maximum atomic E-state index is 13.7. The van der Waals surface area contributed by atoms with Crippen LogP contribution in [0.2, 0.25) is 0 Å². The minimum atomic E-state index is -0.558. The third-order valence-electron chi connectivity index (χ3n) is 4.16. The fourth-order valence-corrected chi connectivity index (χ4v) is 4.24. The average molecular weight is 342 g/mol. The standard InChI is InChI=1S/C17H15FN4OS/c18-12-7-3-1-5-10(12)16(23)22-21-15-14-11-6-2-4-8-13(11)24-17(14)20-9-19-15/h1,3,5,7,9H,2,4,6,8H2,(H,22,23)(H,19,20,21). The molecule has 5 nitrogen and oxygen atoms in total. The van der Waals surface area contributed by atoms with Gasteiger partial charge < -0.3 is 0 Å². The van der Waals surface area contributed by atoms with Crippen LogP contribution in [-0.2, 0) is 12.8 Å². The van der Waals surface area contributed by atoms with Crippen molar-refractivity contribution in [2.45, 2.75) is 25.7 Å². The summed E-state index contributed by atoms with van der Waals surface area (Å²) in [6, 6.07) is 5.86. The Morgan fingerprint density at radius 2 is 2.00 bits per heavy atom. The molecule has 4 rings (SSSR count). The van der Waals surface area contributed by atoms with Crippen molar-refractivity contribution in [3.05, 3.63) is 52.4 Å². The fraction of sp³-hybridized carbons (Fsp3) is 0.235. The Bertz CT molecular complexity index is 924. The van der Waals surface area contributed by atoms with E-state index >= 15 is 0 Å². The number of hydrazine groups is 1. The topological polar surface area (TPSA) is 66.9 Å². The van der Waals surface area contributed by atoms with Crippen molar-refractivity contribution in [3.63, 3.8) is 0 Å². The zero-order valence-electron chi connectivity index (χ0n) is 12.8. The number of halogens is 1. The number of carbonyl (C=O) groups is 1. The molecule has 2 N–H and O–H groups in total. The van der Waals surface area contributed by atoms with E-state index < -0.39 is 11.7 Å². The Labute approximate surface area is 141 Å². The summed E-state index contributed by atoms with van der Waals surface area (Å²) < 4.78 is 13.7. The van der Waals surface area contributed by atoms with Crippen LogP contribution in [0, 0.1) is 5.82 Å². The second-order valence-electron chi connectivity index (χ2n) is 5.67. The summed E-state index contributed by atoms with van der Waals surface area (Å²) in [5.41, 5.74) is 6.63. The van der Waals surface area contributed by atoms with Crippen LogP contribution in [0.25, 0.3) is 10.2 Å². The molecule has 0 saturated heterocycles. The third-order valence-corrected chi connectivity index (χ3v) is 5.36. The summed E-state index contributed by atoms with van der Waals surface area (Å²) >= 11 is 1.68. The summed E-state index contributed by atoms with van der Waals surface area (Å²) in [5.74, 6) is -0.536. The molecule has 0 spiro atoms. The van der Waals surface area contributed by atoms with Crippen LogP contribution in [0.4, 0.5) is 10.2 Å². The molecule has 0 radical (unpaired) electrons. The van der Waals surface area contributed by atoms with Gasteiger partial charge in [0.25, 0.3) is 5.91 Å². The monoisotopic (exact) mass is 342 g/mol. The van der Waals surface area contributed by atoms with E-state index in [-0.39, 0.29) is 5.56 Å². The molecule has 0 fully saturated rings. The molecule has 0 saturated carbocycles. The van der Waals surface area contributed by atoms with Crippen LogP contribution < -0.4 is 10.9 Å². The third kappa shape index (κ3) is 2.60. The lowest BCUT2D eigenvalue weighted by Crippen LogP contribution is -2.30. The van der Waals surface area contributed by atoms with Crippen LogP contribution in [0.3, 0.4) is 0 Å². The van der Waals surface area contributed by atoms with Crippen molar-refractivity contribution in [1.82, 2.24) is 15.4 Å². The second kappa shape index (κ2) is 6.16. The molecule has 1 amide bonds. The maximum Gasteiger partial charge on any atom is 0.272 e. The number of carbonyl (C=O) groups excluding carboxylic acids is 1. The molecule has 0 aliphatic heterocycles. The van der Waals surface area contributed by atoms with E-state index in [2.05, 4.69) is 20.8 Å². The number of hydrogen-bond donors (Lipinski definition) is 2. The van der Waals surface area contributed by atoms with Gasteiger partial charge in [-0.15, -0.1) is 11.3 Å². The second-order valence-corrected chi connectivity index (χ2v) is 6.76. The zero-order valence-corrected chi connectivity index (χ0v) is 13.6. The zero-order chi connectivity index (χ0) is 16.5. The average Bonchev–Trinajstić information content (AvgIpc) is 2.99. The van der Waals surface area contributed by atoms with Gasteiger partial charge in [0.2, 0.25) is 0 Å². The highest BCUT2D eigenvalue weighted by Gasteiger charge is 2.20. The van der Waals surface area contributed by atoms with E-state index in [1.807, 2.05) is 0 Å². The fourth-order valence-electron chi connectivity index (χ4n) is 3.01. The van der Waals surface area contributed by atoms with Gasteiger partial charge in [-0.3, -0.25) is 15.6 Å². The minimum absolute atomic E-state index is 0.0114. The van der Waals surface area contributed by atoms with Crippen molar-refractivity contribution in [2.75, 3.05) is 5.43 Å². The number of fused-ring (bicyclic) bond motifs is 3. The summed E-state index contributed by atoms with van der Waals surface area (Å²) in [5, 5.41) is 0.964. The summed E-state index contributed by atoms with van der Waals surface area (Å²) in [6.45, 7) is 0. The Hall–Kier alpha value is -2.54. The molecular formula is C17H15FN4OS. The normalized spacial score (nSPS) is 13.5. The number of benzene rings is 1. The van der Waals surface area contributed by atoms with Crippen molar-refractivity contribution in [1.29, 1.82) is 0 Å². The van der Waals surface area contributed by atoms with Crippen molar-refractivity contribution in [2.24, 2.45) is 0 Å².